The zero-order chi connectivity index (χ0) is 18.4. The quantitative estimate of drug-likeness (QED) is 0.417. The van der Waals surface area contributed by atoms with Gasteiger partial charge in [-0.25, -0.2) is 0 Å². The van der Waals surface area contributed by atoms with Gasteiger partial charge in [0.15, 0.2) is 0 Å². The van der Waals surface area contributed by atoms with E-state index in [0.29, 0.717) is 11.8 Å². The first-order valence-electron chi connectivity index (χ1n) is 10.5. The molecular weight excluding hydrogens is 314 g/mol. The van der Waals surface area contributed by atoms with E-state index in [-0.39, 0.29) is 0 Å². The molecular formula is C25H33N. The zero-order valence-electron chi connectivity index (χ0n) is 16.3. The lowest BCUT2D eigenvalue weighted by Gasteiger charge is -2.36. The Bertz CT molecular complexity index is 644. The number of nitriles is 1. The average molecular weight is 348 g/mol. The summed E-state index contributed by atoms with van der Waals surface area (Å²) in [4.78, 5) is 0. The first-order chi connectivity index (χ1) is 12.7. The Hall–Kier alpha value is -1.81. The zero-order valence-corrected chi connectivity index (χ0v) is 16.3. The molecule has 0 saturated heterocycles. The molecule has 1 aromatic carbocycles. The van der Waals surface area contributed by atoms with Gasteiger partial charge in [-0.1, -0.05) is 49.4 Å². The van der Waals surface area contributed by atoms with Gasteiger partial charge in [-0.05, 0) is 92.6 Å². The minimum absolute atomic E-state index is 0.612. The summed E-state index contributed by atoms with van der Waals surface area (Å²) in [7, 11) is 0. The van der Waals surface area contributed by atoms with Crippen molar-refractivity contribution in [1.29, 1.82) is 5.26 Å². The summed E-state index contributed by atoms with van der Waals surface area (Å²) < 4.78 is 0. The van der Waals surface area contributed by atoms with Crippen LogP contribution < -0.4 is 0 Å². The SMILES string of the molecule is C=C(C1CCC(C=CC#N)CC1)C1CCC(c2ccc(CC)cc2)CC1. The second kappa shape index (κ2) is 9.22. The average Bonchev–Trinajstić information content (AvgIpc) is 2.72. The molecule has 138 valence electrons. The van der Waals surface area contributed by atoms with Gasteiger partial charge in [0.1, 0.15) is 0 Å². The lowest BCUT2D eigenvalue weighted by molar-refractivity contribution is 0.290. The molecule has 3 rings (SSSR count). The van der Waals surface area contributed by atoms with Crippen LogP contribution in [-0.2, 0) is 6.42 Å². The number of benzene rings is 1. The van der Waals surface area contributed by atoms with E-state index in [1.54, 1.807) is 6.08 Å². The Labute approximate surface area is 159 Å². The molecule has 0 aromatic heterocycles. The highest BCUT2D eigenvalue weighted by atomic mass is 14.3. The number of allylic oxidation sites excluding steroid dienone is 3. The molecule has 0 spiro atoms. The normalized spacial score (nSPS) is 29.4. The van der Waals surface area contributed by atoms with E-state index in [4.69, 9.17) is 5.26 Å². The first kappa shape index (κ1) is 19.0. The summed E-state index contributed by atoms with van der Waals surface area (Å²) in [5.74, 6) is 2.81. The largest absolute Gasteiger partial charge is 0.193 e. The van der Waals surface area contributed by atoms with Gasteiger partial charge in [-0.2, -0.15) is 5.26 Å². The standard InChI is InChI=1S/C25H33N/c1-3-20-6-12-24(13-7-20)25-16-14-23(15-17-25)19(2)22-10-8-21(9-11-22)5-4-18-26/h4-7,12-13,21-23,25H,2-3,8-11,14-17H2,1H3. The fourth-order valence-electron chi connectivity index (χ4n) is 5.02. The fourth-order valence-corrected chi connectivity index (χ4v) is 5.02. The van der Waals surface area contributed by atoms with Gasteiger partial charge in [-0.3, -0.25) is 0 Å². The Morgan fingerprint density at radius 2 is 1.58 bits per heavy atom. The molecule has 0 bridgehead atoms. The molecule has 2 saturated carbocycles. The van der Waals surface area contributed by atoms with E-state index in [1.807, 2.05) is 0 Å². The van der Waals surface area contributed by atoms with Crippen LogP contribution in [0, 0.1) is 29.1 Å². The maximum absolute atomic E-state index is 8.69. The topological polar surface area (TPSA) is 23.8 Å². The molecule has 0 N–H and O–H groups in total. The predicted octanol–water partition coefficient (Wildman–Crippen LogP) is 6.97. The Morgan fingerprint density at radius 3 is 2.12 bits per heavy atom. The molecule has 26 heavy (non-hydrogen) atoms. The third-order valence-electron chi connectivity index (χ3n) is 6.85. The minimum atomic E-state index is 0.612. The van der Waals surface area contributed by atoms with Crippen LogP contribution in [0.5, 0.6) is 0 Å². The summed E-state index contributed by atoms with van der Waals surface area (Å²) in [6, 6.07) is 11.4. The van der Waals surface area contributed by atoms with Crippen LogP contribution in [0.2, 0.25) is 0 Å². The van der Waals surface area contributed by atoms with Crippen molar-refractivity contribution < 1.29 is 0 Å². The van der Waals surface area contributed by atoms with Gasteiger partial charge in [0.05, 0.1) is 6.07 Å². The summed E-state index contributed by atoms with van der Waals surface area (Å²) in [6.07, 6.45) is 15.1. The van der Waals surface area contributed by atoms with Gasteiger partial charge in [0, 0.05) is 6.08 Å². The smallest absolute Gasteiger partial charge is 0.0908 e. The third-order valence-corrected chi connectivity index (χ3v) is 6.85. The van der Waals surface area contributed by atoms with Crippen LogP contribution >= 0.6 is 0 Å². The van der Waals surface area contributed by atoms with E-state index in [9.17, 15) is 0 Å². The maximum atomic E-state index is 8.69. The van der Waals surface area contributed by atoms with E-state index >= 15 is 0 Å². The predicted molar refractivity (Wildman–Crippen MR) is 110 cm³/mol. The molecule has 0 aliphatic heterocycles. The summed E-state index contributed by atoms with van der Waals surface area (Å²) in [5, 5.41) is 8.69. The van der Waals surface area contributed by atoms with Gasteiger partial charge in [-0.15, -0.1) is 0 Å². The van der Waals surface area contributed by atoms with Crippen molar-refractivity contribution in [3.05, 3.63) is 59.7 Å². The van der Waals surface area contributed by atoms with Crippen LogP contribution in [0.1, 0.15) is 75.3 Å². The van der Waals surface area contributed by atoms with Crippen LogP contribution in [-0.4, -0.2) is 0 Å². The second-order valence-corrected chi connectivity index (χ2v) is 8.32. The fraction of sp³-hybridized carbons (Fsp3) is 0.560. The molecule has 1 heteroatoms. The van der Waals surface area contributed by atoms with Crippen LogP contribution in [0.4, 0.5) is 0 Å². The number of hydrogen-bond donors (Lipinski definition) is 0. The Balaban J connectivity index is 1.48. The Kier molecular flexibility index (Phi) is 6.73. The number of aryl methyl sites for hydroxylation is 1. The van der Waals surface area contributed by atoms with Crippen molar-refractivity contribution in [2.75, 3.05) is 0 Å². The summed E-state index contributed by atoms with van der Waals surface area (Å²) in [6.45, 7) is 6.76. The third kappa shape index (κ3) is 4.67. The van der Waals surface area contributed by atoms with Crippen LogP contribution in [0.25, 0.3) is 0 Å². The summed E-state index contributed by atoms with van der Waals surface area (Å²) in [5.41, 5.74) is 4.51. The Morgan fingerprint density at radius 1 is 1.00 bits per heavy atom. The first-order valence-corrected chi connectivity index (χ1v) is 10.5. The van der Waals surface area contributed by atoms with Gasteiger partial charge >= 0.3 is 0 Å². The van der Waals surface area contributed by atoms with E-state index in [0.717, 1.165) is 18.3 Å². The molecule has 0 heterocycles. The number of rotatable bonds is 5. The number of nitrogens with zero attached hydrogens (tertiary/aromatic N) is 1. The number of hydrogen-bond acceptors (Lipinski definition) is 1. The minimum Gasteiger partial charge on any atom is -0.193 e. The highest BCUT2D eigenvalue weighted by molar-refractivity contribution is 5.26. The van der Waals surface area contributed by atoms with E-state index in [1.165, 1.54) is 68.1 Å². The molecule has 2 aliphatic rings. The molecule has 0 radical (unpaired) electrons. The molecule has 1 aromatic rings. The van der Waals surface area contributed by atoms with E-state index in [2.05, 4.69) is 49.9 Å². The van der Waals surface area contributed by atoms with Gasteiger partial charge in [0.2, 0.25) is 0 Å². The van der Waals surface area contributed by atoms with Crippen molar-refractivity contribution in [3.63, 3.8) is 0 Å². The van der Waals surface area contributed by atoms with Crippen molar-refractivity contribution in [2.24, 2.45) is 17.8 Å². The van der Waals surface area contributed by atoms with Crippen LogP contribution in [0.3, 0.4) is 0 Å². The van der Waals surface area contributed by atoms with Crippen molar-refractivity contribution in [2.45, 2.75) is 70.6 Å². The van der Waals surface area contributed by atoms with E-state index < -0.39 is 0 Å². The second-order valence-electron chi connectivity index (χ2n) is 8.32. The van der Waals surface area contributed by atoms with Crippen molar-refractivity contribution >= 4 is 0 Å². The highest BCUT2D eigenvalue weighted by Gasteiger charge is 2.29. The van der Waals surface area contributed by atoms with Gasteiger partial charge < -0.3 is 0 Å². The molecule has 0 amide bonds. The molecule has 0 atom stereocenters. The van der Waals surface area contributed by atoms with Crippen LogP contribution in [0.15, 0.2) is 48.6 Å². The van der Waals surface area contributed by atoms with Crippen molar-refractivity contribution in [1.82, 2.24) is 0 Å². The molecule has 2 aliphatic carbocycles. The lowest BCUT2D eigenvalue weighted by Crippen LogP contribution is -2.22. The highest BCUT2D eigenvalue weighted by Crippen LogP contribution is 2.43. The lowest BCUT2D eigenvalue weighted by atomic mass is 9.70. The van der Waals surface area contributed by atoms with Gasteiger partial charge in [0.25, 0.3) is 0 Å². The monoisotopic (exact) mass is 347 g/mol. The molecule has 0 unspecified atom stereocenters. The maximum Gasteiger partial charge on any atom is 0.0908 e. The molecule has 1 nitrogen and oxygen atoms in total. The molecule has 2 fully saturated rings. The van der Waals surface area contributed by atoms with Crippen molar-refractivity contribution in [3.8, 4) is 6.07 Å². The summed E-state index contributed by atoms with van der Waals surface area (Å²) >= 11 is 0.